The molecule has 0 atom stereocenters. The largest absolute Gasteiger partial charge is 0.495 e. The van der Waals surface area contributed by atoms with Gasteiger partial charge in [0.25, 0.3) is 0 Å². The van der Waals surface area contributed by atoms with E-state index < -0.39 is 5.97 Å². The number of carbonyl (C=O) groups excluding carboxylic acids is 2. The monoisotopic (exact) mass is 256 g/mol. The summed E-state index contributed by atoms with van der Waals surface area (Å²) in [5.74, 6) is -0.390. The number of ether oxygens (including phenoxy) is 2. The summed E-state index contributed by atoms with van der Waals surface area (Å²) >= 11 is 5.92. The molecule has 0 aromatic heterocycles. The number of aryl methyl sites for hydroxylation is 1. The SMILES string of the molecule is COC(=O)CC(=O)c1cc(Cl)c(OC)cc1C. The normalized spacial score (nSPS) is 9.88. The van der Waals surface area contributed by atoms with E-state index in [1.807, 2.05) is 0 Å². The average Bonchev–Trinajstić information content (AvgIpc) is 2.31. The van der Waals surface area contributed by atoms with Crippen LogP contribution in [0, 0.1) is 6.92 Å². The Morgan fingerprint density at radius 2 is 1.94 bits per heavy atom. The Hall–Kier alpha value is -1.55. The Labute approximate surface area is 104 Å². The van der Waals surface area contributed by atoms with Crippen molar-refractivity contribution in [2.45, 2.75) is 13.3 Å². The zero-order valence-electron chi connectivity index (χ0n) is 9.87. The molecular weight excluding hydrogens is 244 g/mol. The third-order valence-corrected chi connectivity index (χ3v) is 2.63. The molecule has 1 aromatic carbocycles. The maximum absolute atomic E-state index is 11.8. The van der Waals surface area contributed by atoms with Crippen molar-refractivity contribution in [3.63, 3.8) is 0 Å². The first-order valence-corrected chi connectivity index (χ1v) is 5.31. The first-order valence-electron chi connectivity index (χ1n) is 4.93. The van der Waals surface area contributed by atoms with Crippen LogP contribution in [0.1, 0.15) is 22.3 Å². The number of carbonyl (C=O) groups is 2. The minimum absolute atomic E-state index is 0.292. The fraction of sp³-hybridized carbons (Fsp3) is 0.333. The molecule has 0 bridgehead atoms. The molecule has 0 amide bonds. The Kier molecular flexibility index (Phi) is 4.52. The lowest BCUT2D eigenvalue weighted by Crippen LogP contribution is -2.10. The van der Waals surface area contributed by atoms with E-state index in [0.29, 0.717) is 21.9 Å². The van der Waals surface area contributed by atoms with Gasteiger partial charge in [0, 0.05) is 5.56 Å². The van der Waals surface area contributed by atoms with Crippen molar-refractivity contribution < 1.29 is 19.1 Å². The molecular formula is C12H13ClO4. The van der Waals surface area contributed by atoms with Crippen LogP contribution < -0.4 is 4.74 Å². The van der Waals surface area contributed by atoms with E-state index in [1.54, 1.807) is 13.0 Å². The van der Waals surface area contributed by atoms with Crippen LogP contribution in [0.4, 0.5) is 0 Å². The molecule has 0 heterocycles. The lowest BCUT2D eigenvalue weighted by molar-refractivity contribution is -0.139. The summed E-state index contributed by atoms with van der Waals surface area (Å²) in [5, 5.41) is 0.339. The number of hydrogen-bond donors (Lipinski definition) is 0. The van der Waals surface area contributed by atoms with Crippen molar-refractivity contribution >= 4 is 23.4 Å². The maximum Gasteiger partial charge on any atom is 0.313 e. The Morgan fingerprint density at radius 3 is 2.47 bits per heavy atom. The number of methoxy groups -OCH3 is 2. The lowest BCUT2D eigenvalue weighted by atomic mass is 10.0. The second-order valence-corrected chi connectivity index (χ2v) is 3.88. The summed E-state index contributed by atoms with van der Waals surface area (Å²) in [7, 11) is 2.74. The van der Waals surface area contributed by atoms with Gasteiger partial charge < -0.3 is 9.47 Å². The smallest absolute Gasteiger partial charge is 0.313 e. The van der Waals surface area contributed by atoms with E-state index >= 15 is 0 Å². The van der Waals surface area contributed by atoms with Crippen LogP contribution in [0.3, 0.4) is 0 Å². The number of ketones is 1. The molecule has 0 aliphatic carbocycles. The highest BCUT2D eigenvalue weighted by molar-refractivity contribution is 6.32. The predicted octanol–water partition coefficient (Wildman–Crippen LogP) is 2.40. The van der Waals surface area contributed by atoms with Gasteiger partial charge in [0.05, 0.1) is 19.2 Å². The molecule has 0 unspecified atom stereocenters. The summed E-state index contributed by atoms with van der Waals surface area (Å²) in [6.07, 6.45) is -0.292. The van der Waals surface area contributed by atoms with Crippen LogP contribution in [0.5, 0.6) is 5.75 Å². The first-order chi connectivity index (χ1) is 7.99. The molecule has 0 saturated heterocycles. The molecule has 17 heavy (non-hydrogen) atoms. The molecule has 0 N–H and O–H groups in total. The summed E-state index contributed by atoms with van der Waals surface area (Å²) in [6, 6.07) is 3.16. The van der Waals surface area contributed by atoms with Crippen molar-refractivity contribution in [3.05, 3.63) is 28.3 Å². The van der Waals surface area contributed by atoms with E-state index in [-0.39, 0.29) is 12.2 Å². The second kappa shape index (κ2) is 5.68. The number of esters is 1. The van der Waals surface area contributed by atoms with E-state index in [2.05, 4.69) is 4.74 Å². The van der Waals surface area contributed by atoms with Gasteiger partial charge in [-0.25, -0.2) is 0 Å². The molecule has 4 nitrogen and oxygen atoms in total. The minimum Gasteiger partial charge on any atom is -0.495 e. The first kappa shape index (κ1) is 13.5. The fourth-order valence-corrected chi connectivity index (χ4v) is 1.65. The van der Waals surface area contributed by atoms with Gasteiger partial charge in [-0.3, -0.25) is 9.59 Å². The zero-order valence-corrected chi connectivity index (χ0v) is 10.6. The number of hydrogen-bond acceptors (Lipinski definition) is 4. The zero-order chi connectivity index (χ0) is 13.0. The molecule has 0 spiro atoms. The molecule has 0 aliphatic heterocycles. The van der Waals surface area contributed by atoms with Gasteiger partial charge in [0.1, 0.15) is 12.2 Å². The molecule has 0 saturated carbocycles. The molecule has 0 radical (unpaired) electrons. The van der Waals surface area contributed by atoms with Crippen LogP contribution >= 0.6 is 11.6 Å². The molecule has 0 fully saturated rings. The van der Waals surface area contributed by atoms with Gasteiger partial charge in [0.2, 0.25) is 0 Å². The van der Waals surface area contributed by atoms with Gasteiger partial charge in [-0.15, -0.1) is 0 Å². The predicted molar refractivity (Wildman–Crippen MR) is 63.7 cm³/mol. The van der Waals surface area contributed by atoms with Crippen molar-refractivity contribution in [2.75, 3.05) is 14.2 Å². The molecule has 1 rings (SSSR count). The standard InChI is InChI=1S/C12H13ClO4/c1-7-4-11(16-2)9(13)5-8(7)10(14)6-12(15)17-3/h4-5H,6H2,1-3H3. The minimum atomic E-state index is -0.568. The van der Waals surface area contributed by atoms with Crippen molar-refractivity contribution in [1.29, 1.82) is 0 Å². The highest BCUT2D eigenvalue weighted by Crippen LogP contribution is 2.28. The Balaban J connectivity index is 3.02. The van der Waals surface area contributed by atoms with E-state index in [9.17, 15) is 9.59 Å². The third-order valence-electron chi connectivity index (χ3n) is 2.33. The van der Waals surface area contributed by atoms with E-state index in [4.69, 9.17) is 16.3 Å². The van der Waals surface area contributed by atoms with E-state index in [1.165, 1.54) is 20.3 Å². The summed E-state index contributed by atoms with van der Waals surface area (Å²) in [6.45, 7) is 1.75. The van der Waals surface area contributed by atoms with Crippen molar-refractivity contribution in [1.82, 2.24) is 0 Å². The van der Waals surface area contributed by atoms with Gasteiger partial charge >= 0.3 is 5.97 Å². The highest BCUT2D eigenvalue weighted by Gasteiger charge is 2.16. The van der Waals surface area contributed by atoms with Gasteiger partial charge in [-0.1, -0.05) is 11.6 Å². The number of Topliss-reactive ketones (excluding diaryl/α,β-unsaturated/α-hetero) is 1. The topological polar surface area (TPSA) is 52.6 Å². The number of halogens is 1. The maximum atomic E-state index is 11.8. The van der Waals surface area contributed by atoms with Gasteiger partial charge in [0.15, 0.2) is 5.78 Å². The fourth-order valence-electron chi connectivity index (χ4n) is 1.41. The van der Waals surface area contributed by atoms with Crippen LogP contribution in [-0.4, -0.2) is 26.0 Å². The number of rotatable bonds is 4. The third kappa shape index (κ3) is 3.20. The van der Waals surface area contributed by atoms with Crippen LogP contribution in [0.2, 0.25) is 5.02 Å². The summed E-state index contributed by atoms with van der Waals surface area (Å²) in [5.41, 5.74) is 1.11. The van der Waals surface area contributed by atoms with Crippen LogP contribution in [-0.2, 0) is 9.53 Å². The number of benzene rings is 1. The second-order valence-electron chi connectivity index (χ2n) is 3.48. The molecule has 1 aromatic rings. The Bertz CT molecular complexity index is 454. The quantitative estimate of drug-likeness (QED) is 0.472. The molecule has 92 valence electrons. The van der Waals surface area contributed by atoms with Crippen LogP contribution in [0.15, 0.2) is 12.1 Å². The average molecular weight is 257 g/mol. The summed E-state index contributed by atoms with van der Waals surface area (Å²) in [4.78, 5) is 22.8. The Morgan fingerprint density at radius 1 is 1.29 bits per heavy atom. The summed E-state index contributed by atoms with van der Waals surface area (Å²) < 4.78 is 9.47. The molecule has 0 aliphatic rings. The molecule has 5 heteroatoms. The van der Waals surface area contributed by atoms with Crippen molar-refractivity contribution in [2.24, 2.45) is 0 Å². The van der Waals surface area contributed by atoms with Gasteiger partial charge in [-0.2, -0.15) is 0 Å². The van der Waals surface area contributed by atoms with Crippen molar-refractivity contribution in [3.8, 4) is 5.75 Å². The highest BCUT2D eigenvalue weighted by atomic mass is 35.5. The van der Waals surface area contributed by atoms with E-state index in [0.717, 1.165) is 0 Å². The van der Waals surface area contributed by atoms with Crippen LogP contribution in [0.25, 0.3) is 0 Å². The lowest BCUT2D eigenvalue weighted by Gasteiger charge is -2.08. The van der Waals surface area contributed by atoms with Gasteiger partial charge in [-0.05, 0) is 24.6 Å².